The number of halogens is 4. The molecule has 3 heterocycles. The van der Waals surface area contributed by atoms with Gasteiger partial charge in [0.25, 0.3) is 0 Å². The van der Waals surface area contributed by atoms with Gasteiger partial charge < -0.3 is 10.2 Å². The number of benzene rings is 1. The van der Waals surface area contributed by atoms with Crippen molar-refractivity contribution in [1.82, 2.24) is 20.2 Å². The molecule has 5 rings (SSSR count). The van der Waals surface area contributed by atoms with Gasteiger partial charge in [0.2, 0.25) is 5.82 Å². The Kier molecular flexibility index (Phi) is 5.65. The van der Waals surface area contributed by atoms with E-state index in [1.807, 2.05) is 20.2 Å². The van der Waals surface area contributed by atoms with Crippen molar-refractivity contribution < 1.29 is 22.4 Å². The van der Waals surface area contributed by atoms with Gasteiger partial charge in [-0.3, -0.25) is 9.80 Å². The number of hydrogen-bond acceptors (Lipinski definition) is 5. The lowest BCUT2D eigenvalue weighted by atomic mass is 9.69. The molecule has 1 N–H and O–H groups in total. The van der Waals surface area contributed by atoms with Gasteiger partial charge in [0.05, 0.1) is 18.3 Å². The van der Waals surface area contributed by atoms with Gasteiger partial charge in [0, 0.05) is 18.6 Å². The molecule has 0 atom stereocenters. The van der Waals surface area contributed by atoms with Crippen LogP contribution in [0.3, 0.4) is 0 Å². The Hall–Kier alpha value is -2.95. The number of urea groups is 1. The van der Waals surface area contributed by atoms with Crippen molar-refractivity contribution in [2.75, 3.05) is 43.5 Å². The highest BCUT2D eigenvalue weighted by Crippen LogP contribution is 2.47. The van der Waals surface area contributed by atoms with Crippen LogP contribution in [0, 0.1) is 5.82 Å². The molecule has 2 aliphatic heterocycles. The number of carbonyl (C=O) groups excluding carboxylic acids is 1. The minimum absolute atomic E-state index is 0.143. The molecule has 1 aromatic carbocycles. The van der Waals surface area contributed by atoms with Gasteiger partial charge in [-0.15, -0.1) is 0 Å². The number of hydrogen-bond donors (Lipinski definition) is 1. The van der Waals surface area contributed by atoms with Gasteiger partial charge in [-0.05, 0) is 63.9 Å². The number of amides is 2. The summed E-state index contributed by atoms with van der Waals surface area (Å²) in [7, 11) is 3.95. The van der Waals surface area contributed by atoms with Crippen molar-refractivity contribution in [1.29, 1.82) is 0 Å². The quantitative estimate of drug-likeness (QED) is 0.650. The van der Waals surface area contributed by atoms with Crippen molar-refractivity contribution in [3.05, 3.63) is 47.7 Å². The predicted molar refractivity (Wildman–Crippen MR) is 123 cm³/mol. The molecule has 3 aliphatic rings. The zero-order valence-electron chi connectivity index (χ0n) is 19.7. The lowest BCUT2D eigenvalue weighted by Crippen LogP contribution is -2.54. The monoisotopic (exact) mass is 492 g/mol. The average Bonchev–Trinajstić information content (AvgIpc) is 3.08. The topological polar surface area (TPSA) is 64.6 Å². The van der Waals surface area contributed by atoms with E-state index in [0.717, 1.165) is 18.2 Å². The highest BCUT2D eigenvalue weighted by molar-refractivity contribution is 5.98. The summed E-state index contributed by atoms with van der Waals surface area (Å²) in [6, 6.07) is 6.27. The van der Waals surface area contributed by atoms with E-state index in [-0.39, 0.29) is 23.2 Å². The van der Waals surface area contributed by atoms with E-state index in [2.05, 4.69) is 20.2 Å². The third-order valence-corrected chi connectivity index (χ3v) is 7.78. The number of carbonyl (C=O) groups is 1. The molecule has 2 aromatic rings. The first kappa shape index (κ1) is 23.8. The molecule has 1 spiro atoms. The fourth-order valence-electron chi connectivity index (χ4n) is 5.55. The summed E-state index contributed by atoms with van der Waals surface area (Å²) in [5.41, 5.74) is 0.293. The molecule has 0 unspecified atom stereocenters. The summed E-state index contributed by atoms with van der Waals surface area (Å²) in [5.74, 6) is -1.35. The lowest BCUT2D eigenvalue weighted by Gasteiger charge is -2.48. The normalized spacial score (nSPS) is 26.9. The first-order valence-corrected chi connectivity index (χ1v) is 11.8. The van der Waals surface area contributed by atoms with E-state index in [4.69, 9.17) is 0 Å². The second-order valence-corrected chi connectivity index (χ2v) is 9.97. The number of nitrogens with one attached hydrogen (secondary N) is 1. The van der Waals surface area contributed by atoms with Gasteiger partial charge in [0.15, 0.2) is 5.82 Å². The summed E-state index contributed by atoms with van der Waals surface area (Å²) in [6.07, 6.45) is -0.0209. The maximum atomic E-state index is 14.0. The second-order valence-electron chi connectivity index (χ2n) is 9.97. The minimum atomic E-state index is -4.66. The number of rotatable bonds is 4. The Morgan fingerprint density at radius 1 is 1.11 bits per heavy atom. The largest absolute Gasteiger partial charge is 0.451 e. The summed E-state index contributed by atoms with van der Waals surface area (Å²) >= 11 is 0. The standard InChI is InChI=1S/C24H28F4N6O/c1-32(2)23(16-5-3-6-17(25)13-16)9-7-22(8-10-23)15-34(21(35)31-22)18-14-29-20(24(26,27)28)30-19(18)33-11-4-12-33/h3,5-6,13-14H,4,7-12,15H2,1-2H3,(H,31,35). The van der Waals surface area contributed by atoms with Crippen LogP contribution in [0.15, 0.2) is 30.5 Å². The fraction of sp³-hybridized carbons (Fsp3) is 0.542. The van der Waals surface area contributed by atoms with E-state index in [1.54, 1.807) is 17.0 Å². The van der Waals surface area contributed by atoms with Crippen LogP contribution >= 0.6 is 0 Å². The van der Waals surface area contributed by atoms with E-state index >= 15 is 0 Å². The molecule has 0 radical (unpaired) electrons. The second kappa shape index (κ2) is 8.32. The van der Waals surface area contributed by atoms with Crippen molar-refractivity contribution in [2.45, 2.75) is 49.4 Å². The van der Waals surface area contributed by atoms with Crippen molar-refractivity contribution in [3.8, 4) is 0 Å². The third kappa shape index (κ3) is 4.09. The highest BCUT2D eigenvalue weighted by Gasteiger charge is 2.51. The smallest absolute Gasteiger partial charge is 0.355 e. The van der Waals surface area contributed by atoms with Crippen LogP contribution in [-0.2, 0) is 11.7 Å². The molecule has 1 aromatic heterocycles. The summed E-state index contributed by atoms with van der Waals surface area (Å²) in [6.45, 7) is 1.48. The number of alkyl halides is 3. The zero-order valence-corrected chi connectivity index (χ0v) is 19.7. The third-order valence-electron chi connectivity index (χ3n) is 7.78. The Morgan fingerprint density at radius 3 is 2.40 bits per heavy atom. The zero-order chi connectivity index (χ0) is 25.0. The fourth-order valence-corrected chi connectivity index (χ4v) is 5.55. The predicted octanol–water partition coefficient (Wildman–Crippen LogP) is 4.14. The maximum Gasteiger partial charge on any atom is 0.451 e. The molecule has 0 bridgehead atoms. The van der Waals surface area contributed by atoms with Crippen LogP contribution in [0.25, 0.3) is 0 Å². The van der Waals surface area contributed by atoms with Gasteiger partial charge in [-0.2, -0.15) is 13.2 Å². The SMILES string of the molecule is CN(C)C1(c2cccc(F)c2)CCC2(CC1)CN(c1cnc(C(F)(F)F)nc1N1CCC1)C(=O)N2. The van der Waals surface area contributed by atoms with Crippen LogP contribution in [0.4, 0.5) is 33.9 Å². The van der Waals surface area contributed by atoms with Crippen molar-refractivity contribution in [3.63, 3.8) is 0 Å². The van der Waals surface area contributed by atoms with Crippen LogP contribution in [0.2, 0.25) is 0 Å². The van der Waals surface area contributed by atoms with E-state index in [0.29, 0.717) is 51.0 Å². The number of nitrogens with zero attached hydrogens (tertiary/aromatic N) is 5. The average molecular weight is 493 g/mol. The molecule has 1 aliphatic carbocycles. The Morgan fingerprint density at radius 2 is 1.83 bits per heavy atom. The van der Waals surface area contributed by atoms with Crippen LogP contribution in [0.1, 0.15) is 43.5 Å². The van der Waals surface area contributed by atoms with Gasteiger partial charge >= 0.3 is 12.2 Å². The molecule has 2 amide bonds. The molecule has 11 heteroatoms. The lowest BCUT2D eigenvalue weighted by molar-refractivity contribution is -0.144. The molecule has 1 saturated carbocycles. The van der Waals surface area contributed by atoms with Gasteiger partial charge in [-0.1, -0.05) is 12.1 Å². The van der Waals surface area contributed by atoms with Crippen molar-refractivity contribution >= 4 is 17.5 Å². The van der Waals surface area contributed by atoms with Crippen molar-refractivity contribution in [2.24, 2.45) is 0 Å². The van der Waals surface area contributed by atoms with Gasteiger partial charge in [-0.25, -0.2) is 19.2 Å². The first-order chi connectivity index (χ1) is 16.5. The van der Waals surface area contributed by atoms with E-state index in [1.165, 1.54) is 11.0 Å². The number of aromatic nitrogens is 2. The van der Waals surface area contributed by atoms with E-state index in [9.17, 15) is 22.4 Å². The molecule has 188 valence electrons. The summed E-state index contributed by atoms with van der Waals surface area (Å²) in [4.78, 5) is 25.7. The Labute approximate surface area is 201 Å². The molecule has 35 heavy (non-hydrogen) atoms. The minimum Gasteiger partial charge on any atom is -0.355 e. The first-order valence-electron chi connectivity index (χ1n) is 11.8. The molecular formula is C24H28F4N6O. The molecular weight excluding hydrogens is 464 g/mol. The Balaban J connectivity index is 1.41. The summed E-state index contributed by atoms with van der Waals surface area (Å²) < 4.78 is 53.8. The number of anilines is 2. The van der Waals surface area contributed by atoms with Gasteiger partial charge in [0.1, 0.15) is 11.5 Å². The molecule has 7 nitrogen and oxygen atoms in total. The Bertz CT molecular complexity index is 1130. The maximum absolute atomic E-state index is 14.0. The molecule has 2 saturated heterocycles. The summed E-state index contributed by atoms with van der Waals surface area (Å²) in [5, 5.41) is 3.10. The van der Waals surface area contributed by atoms with Crippen LogP contribution < -0.4 is 15.1 Å². The van der Waals surface area contributed by atoms with Crippen LogP contribution in [0.5, 0.6) is 0 Å². The van der Waals surface area contributed by atoms with Crippen LogP contribution in [-0.4, -0.2) is 60.2 Å². The highest BCUT2D eigenvalue weighted by atomic mass is 19.4. The van der Waals surface area contributed by atoms with E-state index < -0.39 is 17.5 Å². The molecule has 3 fully saturated rings.